The number of aromatic nitrogens is 1. The maximum absolute atomic E-state index is 11.7. The van der Waals surface area contributed by atoms with E-state index in [4.69, 9.17) is 0 Å². The number of carbonyl (C=O) groups is 1. The number of thiazole rings is 1. The van der Waals surface area contributed by atoms with Crippen LogP contribution < -0.4 is 5.32 Å². The van der Waals surface area contributed by atoms with E-state index in [1.165, 1.54) is 4.88 Å². The van der Waals surface area contributed by atoms with E-state index in [-0.39, 0.29) is 11.9 Å². The Hall–Kier alpha value is -1.16. The van der Waals surface area contributed by atoms with Crippen LogP contribution >= 0.6 is 11.3 Å². The Morgan fingerprint density at radius 1 is 1.53 bits per heavy atom. The van der Waals surface area contributed by atoms with Gasteiger partial charge >= 0.3 is 0 Å². The summed E-state index contributed by atoms with van der Waals surface area (Å²) in [4.78, 5) is 17.4. The molecule has 0 aromatic carbocycles. The largest absolute Gasteiger partial charge is 0.347 e. The first-order chi connectivity index (χ1) is 8.08. The summed E-state index contributed by atoms with van der Waals surface area (Å²) >= 11 is 1.67. The minimum atomic E-state index is 0.0464. The molecule has 1 heterocycles. The van der Waals surface area contributed by atoms with Crippen LogP contribution in [0.1, 0.15) is 48.3 Å². The first-order valence-electron chi connectivity index (χ1n) is 5.92. The average molecular weight is 252 g/mol. The van der Waals surface area contributed by atoms with Gasteiger partial charge < -0.3 is 5.32 Å². The molecule has 0 spiro atoms. The van der Waals surface area contributed by atoms with Crippen molar-refractivity contribution in [3.05, 3.63) is 27.7 Å². The van der Waals surface area contributed by atoms with Gasteiger partial charge in [-0.2, -0.15) is 0 Å². The fourth-order valence-electron chi connectivity index (χ4n) is 1.46. The quantitative estimate of drug-likeness (QED) is 0.817. The van der Waals surface area contributed by atoms with Crippen LogP contribution in [0.5, 0.6) is 0 Å². The van der Waals surface area contributed by atoms with Gasteiger partial charge in [-0.3, -0.25) is 4.79 Å². The number of nitrogens with one attached hydrogen (secondary N) is 1. The fraction of sp³-hybridized carbons (Fsp3) is 0.538. The van der Waals surface area contributed by atoms with Crippen LogP contribution in [0.3, 0.4) is 0 Å². The van der Waals surface area contributed by atoms with Gasteiger partial charge in [0, 0.05) is 11.3 Å². The summed E-state index contributed by atoms with van der Waals surface area (Å²) in [5, 5.41) is 4.03. The van der Waals surface area contributed by atoms with Gasteiger partial charge in [0.15, 0.2) is 0 Å². The molecule has 0 aliphatic rings. The summed E-state index contributed by atoms with van der Waals surface area (Å²) in [6.45, 7) is 8.04. The maximum atomic E-state index is 11.7. The second-order valence-corrected chi connectivity index (χ2v) is 5.23. The molecule has 4 heteroatoms. The van der Waals surface area contributed by atoms with Crippen LogP contribution in [-0.4, -0.2) is 10.9 Å². The molecule has 3 nitrogen and oxygen atoms in total. The summed E-state index contributed by atoms with van der Waals surface area (Å²) in [5.74, 6) is 0.0560. The van der Waals surface area contributed by atoms with Crippen LogP contribution in [0, 0.1) is 13.8 Å². The third kappa shape index (κ3) is 3.97. The lowest BCUT2D eigenvalue weighted by molar-refractivity contribution is -0.121. The third-order valence-electron chi connectivity index (χ3n) is 2.63. The Bertz CT molecular complexity index is 390. The second kappa shape index (κ2) is 6.55. The minimum Gasteiger partial charge on any atom is -0.347 e. The van der Waals surface area contributed by atoms with Gasteiger partial charge in [-0.05, 0) is 27.2 Å². The van der Waals surface area contributed by atoms with Crippen LogP contribution in [-0.2, 0) is 4.79 Å². The van der Waals surface area contributed by atoms with E-state index in [1.54, 1.807) is 11.3 Å². The third-order valence-corrected chi connectivity index (χ3v) is 3.81. The zero-order valence-electron chi connectivity index (χ0n) is 10.9. The van der Waals surface area contributed by atoms with Gasteiger partial charge in [-0.1, -0.05) is 19.1 Å². The summed E-state index contributed by atoms with van der Waals surface area (Å²) in [5.41, 5.74) is 1.06. The predicted octanol–water partition coefficient (Wildman–Crippen LogP) is 3.29. The second-order valence-electron chi connectivity index (χ2n) is 4.00. The maximum Gasteiger partial charge on any atom is 0.224 e. The van der Waals surface area contributed by atoms with E-state index < -0.39 is 0 Å². The van der Waals surface area contributed by atoms with Gasteiger partial charge in [-0.25, -0.2) is 4.98 Å². The molecule has 1 aromatic heterocycles. The van der Waals surface area contributed by atoms with Crippen LogP contribution in [0.4, 0.5) is 0 Å². The number of hydrogen-bond acceptors (Lipinski definition) is 3. The molecule has 1 atom stereocenters. The molecule has 0 aliphatic carbocycles. The fourth-order valence-corrected chi connectivity index (χ4v) is 2.52. The molecule has 1 N–H and O–H groups in total. The van der Waals surface area contributed by atoms with Crippen molar-refractivity contribution in [2.45, 2.75) is 46.6 Å². The lowest BCUT2D eigenvalue weighted by atomic mass is 10.2. The van der Waals surface area contributed by atoms with E-state index >= 15 is 0 Å². The molecule has 1 amide bonds. The van der Waals surface area contributed by atoms with Crippen molar-refractivity contribution >= 4 is 17.2 Å². The van der Waals surface area contributed by atoms with E-state index in [9.17, 15) is 4.79 Å². The number of rotatable bonds is 5. The molecule has 17 heavy (non-hydrogen) atoms. The van der Waals surface area contributed by atoms with Crippen molar-refractivity contribution in [3.63, 3.8) is 0 Å². The molecule has 0 fully saturated rings. The van der Waals surface area contributed by atoms with Crippen molar-refractivity contribution in [2.75, 3.05) is 0 Å². The highest BCUT2D eigenvalue weighted by Crippen LogP contribution is 2.24. The number of hydrogen-bond donors (Lipinski definition) is 1. The van der Waals surface area contributed by atoms with Crippen molar-refractivity contribution in [1.29, 1.82) is 0 Å². The van der Waals surface area contributed by atoms with Crippen molar-refractivity contribution in [1.82, 2.24) is 10.3 Å². The standard InChI is InChI=1S/C13H20N2OS/c1-5-7-8-12(16)15-11(6-2)13-14-9(3)10(4)17-13/h5,7,11H,6,8H2,1-4H3,(H,15,16)/b7-5+/t11-/m1/s1. The molecule has 0 aliphatic heterocycles. The molecular weight excluding hydrogens is 232 g/mol. The highest BCUT2D eigenvalue weighted by atomic mass is 32.1. The number of carbonyl (C=O) groups excluding carboxylic acids is 1. The highest BCUT2D eigenvalue weighted by molar-refractivity contribution is 7.11. The van der Waals surface area contributed by atoms with Gasteiger partial charge in [0.05, 0.1) is 11.7 Å². The summed E-state index contributed by atoms with van der Waals surface area (Å²) < 4.78 is 0. The number of allylic oxidation sites excluding steroid dienone is 1. The zero-order chi connectivity index (χ0) is 12.8. The molecule has 0 bridgehead atoms. The molecule has 0 saturated heterocycles. The SMILES string of the molecule is C/C=C/CC(=O)N[C@H](CC)c1nc(C)c(C)s1. The van der Waals surface area contributed by atoms with Gasteiger partial charge in [0.25, 0.3) is 0 Å². The average Bonchev–Trinajstić information content (AvgIpc) is 2.63. The van der Waals surface area contributed by atoms with Crippen LogP contribution in [0.15, 0.2) is 12.2 Å². The number of nitrogens with zero attached hydrogens (tertiary/aromatic N) is 1. The lowest BCUT2D eigenvalue weighted by Crippen LogP contribution is -2.27. The summed E-state index contributed by atoms with van der Waals surface area (Å²) in [6.07, 6.45) is 5.06. The lowest BCUT2D eigenvalue weighted by Gasteiger charge is -2.13. The molecule has 0 unspecified atom stereocenters. The Labute approximate surface area is 107 Å². The molecule has 1 aromatic rings. The molecule has 1 rings (SSSR count). The van der Waals surface area contributed by atoms with Crippen molar-refractivity contribution < 1.29 is 4.79 Å². The highest BCUT2D eigenvalue weighted by Gasteiger charge is 2.16. The summed E-state index contributed by atoms with van der Waals surface area (Å²) in [7, 11) is 0. The van der Waals surface area contributed by atoms with Gasteiger partial charge in [0.2, 0.25) is 5.91 Å². The first kappa shape index (κ1) is 13.9. The van der Waals surface area contributed by atoms with Crippen molar-refractivity contribution in [3.8, 4) is 0 Å². The zero-order valence-corrected chi connectivity index (χ0v) is 11.7. The van der Waals surface area contributed by atoms with Crippen LogP contribution in [0.2, 0.25) is 0 Å². The minimum absolute atomic E-state index is 0.0464. The van der Waals surface area contributed by atoms with E-state index in [1.807, 2.05) is 26.0 Å². The monoisotopic (exact) mass is 252 g/mol. The molecule has 0 radical (unpaired) electrons. The normalized spacial score (nSPS) is 12.9. The van der Waals surface area contributed by atoms with E-state index in [2.05, 4.69) is 24.1 Å². The molecule has 94 valence electrons. The van der Waals surface area contributed by atoms with Crippen molar-refractivity contribution in [2.24, 2.45) is 0 Å². The van der Waals surface area contributed by atoms with Crippen LogP contribution in [0.25, 0.3) is 0 Å². The molecular formula is C13H20N2OS. The number of amides is 1. The Morgan fingerprint density at radius 3 is 2.71 bits per heavy atom. The summed E-state index contributed by atoms with van der Waals surface area (Å²) in [6, 6.07) is 0.0464. The Balaban J connectivity index is 2.68. The van der Waals surface area contributed by atoms with Gasteiger partial charge in [0.1, 0.15) is 5.01 Å². The Morgan fingerprint density at radius 2 is 2.24 bits per heavy atom. The van der Waals surface area contributed by atoms with E-state index in [0.29, 0.717) is 6.42 Å². The number of aryl methyl sites for hydroxylation is 2. The smallest absolute Gasteiger partial charge is 0.224 e. The first-order valence-corrected chi connectivity index (χ1v) is 6.74. The predicted molar refractivity (Wildman–Crippen MR) is 72.2 cm³/mol. The molecule has 0 saturated carbocycles. The Kier molecular flexibility index (Phi) is 5.35. The topological polar surface area (TPSA) is 42.0 Å². The van der Waals surface area contributed by atoms with E-state index in [0.717, 1.165) is 17.1 Å². The van der Waals surface area contributed by atoms with Gasteiger partial charge in [-0.15, -0.1) is 11.3 Å².